The summed E-state index contributed by atoms with van der Waals surface area (Å²) in [6.07, 6.45) is -0.146. The lowest BCUT2D eigenvalue weighted by Gasteiger charge is -2.34. The van der Waals surface area contributed by atoms with Crippen LogP contribution < -0.4 is 9.62 Å². The molecular formula is C17H27ClN2O3S. The van der Waals surface area contributed by atoms with Gasteiger partial charge in [0.1, 0.15) is 5.75 Å². The first-order chi connectivity index (χ1) is 10.7. The predicted molar refractivity (Wildman–Crippen MR) is 102 cm³/mol. The monoisotopic (exact) mass is 374 g/mol. The first kappa shape index (κ1) is 20.9. The second-order valence-corrected chi connectivity index (χ2v) is 8.71. The van der Waals surface area contributed by atoms with Gasteiger partial charge < -0.3 is 15.5 Å². The van der Waals surface area contributed by atoms with E-state index in [0.717, 1.165) is 10.7 Å². The SMILES string of the molecule is CC(O)c1cc(N(S)C(=O)NC(C)(C)CC(C)(C)C)cc(Cl)c1O. The number of carbonyl (C=O) groups excluding carboxylic acids is 1. The van der Waals surface area contributed by atoms with E-state index in [1.54, 1.807) is 0 Å². The molecule has 0 fully saturated rings. The Morgan fingerprint density at radius 2 is 1.88 bits per heavy atom. The number of nitrogens with one attached hydrogen (secondary N) is 1. The maximum Gasteiger partial charge on any atom is 0.332 e. The summed E-state index contributed by atoms with van der Waals surface area (Å²) in [6.45, 7) is 11.7. The minimum Gasteiger partial charge on any atom is -0.506 e. The number of aliphatic hydroxyl groups excluding tert-OH is 1. The molecule has 1 aromatic carbocycles. The molecule has 0 saturated heterocycles. The number of amides is 2. The summed E-state index contributed by atoms with van der Waals surface area (Å²) in [5.74, 6) is -0.203. The number of rotatable bonds is 4. The highest BCUT2D eigenvalue weighted by molar-refractivity contribution is 7.82. The average Bonchev–Trinajstić information content (AvgIpc) is 2.36. The normalized spacial score (nSPS) is 13.5. The van der Waals surface area contributed by atoms with E-state index in [0.29, 0.717) is 5.69 Å². The number of thiol groups is 1. The molecule has 0 spiro atoms. The Morgan fingerprint density at radius 1 is 1.33 bits per heavy atom. The zero-order valence-electron chi connectivity index (χ0n) is 15.0. The van der Waals surface area contributed by atoms with Gasteiger partial charge >= 0.3 is 6.03 Å². The number of benzene rings is 1. The van der Waals surface area contributed by atoms with Gasteiger partial charge in [0.05, 0.1) is 16.8 Å². The van der Waals surface area contributed by atoms with Gasteiger partial charge in [0, 0.05) is 11.1 Å². The molecule has 1 rings (SSSR count). The van der Waals surface area contributed by atoms with Crippen molar-refractivity contribution in [3.05, 3.63) is 22.7 Å². The summed E-state index contributed by atoms with van der Waals surface area (Å²) in [5.41, 5.74) is 0.225. The quantitative estimate of drug-likeness (QED) is 0.578. The Hall–Kier alpha value is -1.11. The number of nitrogens with zero attached hydrogens (tertiary/aromatic N) is 1. The Bertz CT molecular complexity index is 613. The van der Waals surface area contributed by atoms with Crippen LogP contribution in [0.5, 0.6) is 5.75 Å². The van der Waals surface area contributed by atoms with E-state index in [-0.39, 0.29) is 21.8 Å². The molecule has 1 atom stereocenters. The molecule has 24 heavy (non-hydrogen) atoms. The van der Waals surface area contributed by atoms with E-state index >= 15 is 0 Å². The lowest BCUT2D eigenvalue weighted by molar-refractivity contribution is 0.195. The van der Waals surface area contributed by atoms with Crippen molar-refractivity contribution in [3.8, 4) is 5.75 Å². The lowest BCUT2D eigenvalue weighted by Crippen LogP contribution is -2.49. The van der Waals surface area contributed by atoms with Gasteiger partial charge in [0.25, 0.3) is 0 Å². The molecular weight excluding hydrogens is 348 g/mol. The highest BCUT2D eigenvalue weighted by Gasteiger charge is 2.29. The minimum absolute atomic E-state index is 0.0456. The number of aliphatic hydroxyl groups is 1. The molecule has 0 radical (unpaired) electrons. The number of phenolic OH excluding ortho intramolecular Hbond substituents is 1. The van der Waals surface area contributed by atoms with Gasteiger partial charge in [-0.05, 0) is 44.7 Å². The molecule has 0 aliphatic carbocycles. The molecule has 0 saturated carbocycles. The number of hydrogen-bond acceptors (Lipinski definition) is 4. The maximum atomic E-state index is 12.5. The Kier molecular flexibility index (Phi) is 6.47. The van der Waals surface area contributed by atoms with Gasteiger partial charge in [-0.2, -0.15) is 0 Å². The summed E-state index contributed by atoms with van der Waals surface area (Å²) < 4.78 is 1.11. The van der Waals surface area contributed by atoms with Gasteiger partial charge in [-0.3, -0.25) is 0 Å². The van der Waals surface area contributed by atoms with Crippen LogP contribution in [0.2, 0.25) is 5.02 Å². The van der Waals surface area contributed by atoms with Crippen LogP contribution in [0.15, 0.2) is 12.1 Å². The largest absolute Gasteiger partial charge is 0.506 e. The van der Waals surface area contributed by atoms with Crippen LogP contribution in [-0.2, 0) is 0 Å². The first-order valence-corrected chi connectivity index (χ1v) is 8.53. The van der Waals surface area contributed by atoms with Gasteiger partial charge in [-0.1, -0.05) is 45.2 Å². The standard InChI is InChI=1S/C17H27ClN2O3S/c1-10(21)12-7-11(8-13(18)14(12)22)20(24)15(23)19-17(5,6)9-16(2,3)4/h7-8,10,21-22,24H,9H2,1-6H3,(H,19,23). The smallest absolute Gasteiger partial charge is 0.332 e. The second kappa shape index (κ2) is 7.42. The fourth-order valence-corrected chi connectivity index (χ4v) is 3.26. The molecule has 1 aromatic rings. The Labute approximate surface area is 154 Å². The number of halogens is 1. The van der Waals surface area contributed by atoms with Gasteiger partial charge in [0.2, 0.25) is 0 Å². The van der Waals surface area contributed by atoms with Crippen molar-refractivity contribution < 1.29 is 15.0 Å². The van der Waals surface area contributed by atoms with Crippen LogP contribution >= 0.6 is 24.4 Å². The molecule has 0 aliphatic heterocycles. The number of anilines is 1. The summed E-state index contributed by atoms with van der Waals surface area (Å²) in [5, 5.41) is 22.6. The zero-order valence-corrected chi connectivity index (χ0v) is 16.7. The molecule has 0 heterocycles. The molecule has 7 heteroatoms. The van der Waals surface area contributed by atoms with Crippen molar-refractivity contribution in [2.24, 2.45) is 5.41 Å². The molecule has 3 N–H and O–H groups in total. The number of hydrogen-bond donors (Lipinski definition) is 4. The van der Waals surface area contributed by atoms with Gasteiger partial charge in [-0.25, -0.2) is 9.10 Å². The number of carbonyl (C=O) groups is 1. The zero-order chi connectivity index (χ0) is 18.9. The van der Waals surface area contributed by atoms with Gasteiger partial charge in [-0.15, -0.1) is 0 Å². The van der Waals surface area contributed by atoms with E-state index < -0.39 is 17.7 Å². The van der Waals surface area contributed by atoms with Crippen molar-refractivity contribution in [2.75, 3.05) is 4.31 Å². The van der Waals surface area contributed by atoms with Crippen LogP contribution in [-0.4, -0.2) is 21.8 Å². The summed E-state index contributed by atoms with van der Waals surface area (Å²) in [6, 6.07) is 2.49. The highest BCUT2D eigenvalue weighted by atomic mass is 35.5. The van der Waals surface area contributed by atoms with Crippen LogP contribution in [0, 0.1) is 5.41 Å². The maximum absolute atomic E-state index is 12.5. The Morgan fingerprint density at radius 3 is 2.33 bits per heavy atom. The molecule has 0 aromatic heterocycles. The predicted octanol–water partition coefficient (Wildman–Crippen LogP) is 4.67. The van der Waals surface area contributed by atoms with E-state index in [1.165, 1.54) is 19.1 Å². The summed E-state index contributed by atoms with van der Waals surface area (Å²) in [4.78, 5) is 12.5. The fraction of sp³-hybridized carbons (Fsp3) is 0.588. The second-order valence-electron chi connectivity index (χ2n) is 7.90. The van der Waals surface area contributed by atoms with Crippen molar-refractivity contribution >= 4 is 36.1 Å². The molecule has 2 amide bonds. The number of urea groups is 1. The van der Waals surface area contributed by atoms with Crippen LogP contribution in [0.1, 0.15) is 59.6 Å². The third-order valence-corrected chi connectivity index (χ3v) is 4.08. The third kappa shape index (κ3) is 5.76. The molecule has 0 aliphatic rings. The summed E-state index contributed by atoms with van der Waals surface area (Å²) in [7, 11) is 0. The molecule has 136 valence electrons. The van der Waals surface area contributed by atoms with Crippen molar-refractivity contribution in [2.45, 2.75) is 59.6 Å². The van der Waals surface area contributed by atoms with Crippen LogP contribution in [0.25, 0.3) is 0 Å². The molecule has 1 unspecified atom stereocenters. The third-order valence-electron chi connectivity index (χ3n) is 3.38. The van der Waals surface area contributed by atoms with E-state index in [2.05, 4.69) is 38.9 Å². The van der Waals surface area contributed by atoms with Gasteiger partial charge in [0.15, 0.2) is 0 Å². The summed E-state index contributed by atoms with van der Waals surface area (Å²) >= 11 is 10.2. The molecule has 5 nitrogen and oxygen atoms in total. The van der Waals surface area contributed by atoms with Crippen LogP contribution in [0.4, 0.5) is 10.5 Å². The van der Waals surface area contributed by atoms with Crippen molar-refractivity contribution in [1.29, 1.82) is 0 Å². The Balaban J connectivity index is 3.02. The minimum atomic E-state index is -0.926. The van der Waals surface area contributed by atoms with Crippen molar-refractivity contribution in [1.82, 2.24) is 5.32 Å². The number of aromatic hydroxyl groups is 1. The highest BCUT2D eigenvalue weighted by Crippen LogP contribution is 2.37. The van der Waals surface area contributed by atoms with E-state index in [9.17, 15) is 15.0 Å². The van der Waals surface area contributed by atoms with E-state index in [4.69, 9.17) is 11.6 Å². The average molecular weight is 375 g/mol. The first-order valence-electron chi connectivity index (χ1n) is 7.75. The fourth-order valence-electron chi connectivity index (χ4n) is 2.88. The lowest BCUT2D eigenvalue weighted by atomic mass is 9.82. The molecule has 0 bridgehead atoms. The van der Waals surface area contributed by atoms with Crippen molar-refractivity contribution in [3.63, 3.8) is 0 Å². The van der Waals surface area contributed by atoms with Crippen LogP contribution in [0.3, 0.4) is 0 Å². The topological polar surface area (TPSA) is 72.8 Å². The van der Waals surface area contributed by atoms with E-state index in [1.807, 2.05) is 13.8 Å². The number of phenols is 1.